The summed E-state index contributed by atoms with van der Waals surface area (Å²) >= 11 is 0. The number of nitrogens with zero attached hydrogens (tertiary/aromatic N) is 1. The van der Waals surface area contributed by atoms with Gasteiger partial charge in [-0.25, -0.2) is 9.78 Å². The Hall–Kier alpha value is -2.30. The third-order valence-corrected chi connectivity index (χ3v) is 2.53. The number of methoxy groups -OCH3 is 1. The summed E-state index contributed by atoms with van der Waals surface area (Å²) < 4.78 is 4.63. The number of nitrogens with two attached hydrogens (primary N) is 1. The van der Waals surface area contributed by atoms with E-state index < -0.39 is 5.97 Å². The average molecular weight is 231 g/mol. The maximum Gasteiger partial charge on any atom is 0.354 e. The van der Waals surface area contributed by atoms with E-state index in [-0.39, 0.29) is 0 Å². The van der Waals surface area contributed by atoms with Crippen molar-refractivity contribution in [1.29, 1.82) is 0 Å². The minimum Gasteiger partial charge on any atom is -0.464 e. The number of carbonyl (C=O) groups excluding carboxylic acids is 1. The number of H-pyrrole nitrogens is 1. The summed E-state index contributed by atoms with van der Waals surface area (Å²) in [4.78, 5) is 18.2. The van der Waals surface area contributed by atoms with Gasteiger partial charge in [0.05, 0.1) is 7.11 Å². The van der Waals surface area contributed by atoms with Gasteiger partial charge in [0.1, 0.15) is 11.5 Å². The van der Waals surface area contributed by atoms with Crippen molar-refractivity contribution in [2.45, 2.75) is 6.92 Å². The number of nitrogen functional groups attached to an aromatic ring is 1. The summed E-state index contributed by atoms with van der Waals surface area (Å²) in [7, 11) is 1.35. The predicted octanol–water partition coefficient (Wildman–Crippen LogP) is 1.75. The van der Waals surface area contributed by atoms with Gasteiger partial charge in [-0.05, 0) is 24.6 Å². The van der Waals surface area contributed by atoms with Gasteiger partial charge in [-0.15, -0.1) is 0 Å². The van der Waals surface area contributed by atoms with E-state index in [0.29, 0.717) is 11.5 Å². The Morgan fingerprint density at radius 2 is 2.24 bits per heavy atom. The lowest BCUT2D eigenvalue weighted by atomic mass is 10.1. The van der Waals surface area contributed by atoms with Gasteiger partial charge < -0.3 is 15.5 Å². The van der Waals surface area contributed by atoms with Crippen LogP contribution in [0, 0.1) is 6.92 Å². The molecule has 17 heavy (non-hydrogen) atoms. The Balaban J connectivity index is 2.40. The maximum absolute atomic E-state index is 11.3. The molecule has 0 aromatic carbocycles. The molecule has 0 saturated heterocycles. The lowest BCUT2D eigenvalue weighted by Crippen LogP contribution is -2.00. The summed E-state index contributed by atoms with van der Waals surface area (Å²) in [6.07, 6.45) is 3.43. The number of nitrogens with one attached hydrogen (secondary N) is 1. The van der Waals surface area contributed by atoms with Gasteiger partial charge in [0.15, 0.2) is 0 Å². The number of carbonyl (C=O) groups is 1. The van der Waals surface area contributed by atoms with Crippen LogP contribution in [0.15, 0.2) is 24.5 Å². The van der Waals surface area contributed by atoms with Crippen molar-refractivity contribution in [3.8, 4) is 11.1 Å². The van der Waals surface area contributed by atoms with Gasteiger partial charge >= 0.3 is 5.97 Å². The number of pyridine rings is 1. The fraction of sp³-hybridized carbons (Fsp3) is 0.167. The fourth-order valence-electron chi connectivity index (χ4n) is 1.66. The second-order valence-electron chi connectivity index (χ2n) is 3.72. The van der Waals surface area contributed by atoms with E-state index in [1.54, 1.807) is 24.5 Å². The van der Waals surface area contributed by atoms with E-state index in [9.17, 15) is 4.79 Å². The lowest BCUT2D eigenvalue weighted by Gasteiger charge is -2.03. The number of ether oxygens (including phenoxy) is 1. The second-order valence-corrected chi connectivity index (χ2v) is 3.72. The van der Waals surface area contributed by atoms with Crippen molar-refractivity contribution in [3.63, 3.8) is 0 Å². The molecule has 0 aliphatic carbocycles. The number of hydrogen-bond donors (Lipinski definition) is 2. The van der Waals surface area contributed by atoms with Gasteiger partial charge in [0, 0.05) is 23.5 Å². The predicted molar refractivity (Wildman–Crippen MR) is 64.5 cm³/mol. The van der Waals surface area contributed by atoms with Crippen molar-refractivity contribution in [3.05, 3.63) is 35.8 Å². The van der Waals surface area contributed by atoms with Crippen LogP contribution < -0.4 is 5.73 Å². The first kappa shape index (κ1) is 11.2. The second kappa shape index (κ2) is 4.29. The molecule has 2 heterocycles. The van der Waals surface area contributed by atoms with Gasteiger partial charge in [-0.2, -0.15) is 0 Å². The molecule has 2 aromatic heterocycles. The quantitative estimate of drug-likeness (QED) is 0.771. The number of aromatic amines is 1. The maximum atomic E-state index is 11.3. The monoisotopic (exact) mass is 231 g/mol. The number of aromatic nitrogens is 2. The summed E-state index contributed by atoms with van der Waals surface area (Å²) in [5.41, 5.74) is 8.83. The molecular weight excluding hydrogens is 218 g/mol. The molecule has 5 heteroatoms. The van der Waals surface area contributed by atoms with Crippen LogP contribution in [-0.2, 0) is 4.74 Å². The molecular formula is C12H13N3O2. The van der Waals surface area contributed by atoms with E-state index in [4.69, 9.17) is 5.73 Å². The Labute approximate surface area is 98.6 Å². The van der Waals surface area contributed by atoms with E-state index >= 15 is 0 Å². The highest BCUT2D eigenvalue weighted by molar-refractivity contribution is 5.89. The SMILES string of the molecule is COC(=O)c1cc(-c2cnc(N)cc2C)c[nH]1. The van der Waals surface area contributed by atoms with Crippen LogP contribution >= 0.6 is 0 Å². The molecule has 2 rings (SSSR count). The van der Waals surface area contributed by atoms with Crippen LogP contribution in [0.1, 0.15) is 16.1 Å². The van der Waals surface area contributed by atoms with Crippen molar-refractivity contribution in [1.82, 2.24) is 9.97 Å². The van der Waals surface area contributed by atoms with E-state index in [2.05, 4.69) is 14.7 Å². The Morgan fingerprint density at radius 1 is 1.47 bits per heavy atom. The zero-order chi connectivity index (χ0) is 12.4. The van der Waals surface area contributed by atoms with Crippen LogP contribution in [0.2, 0.25) is 0 Å². The third-order valence-electron chi connectivity index (χ3n) is 2.53. The van der Waals surface area contributed by atoms with Crippen molar-refractivity contribution < 1.29 is 9.53 Å². The van der Waals surface area contributed by atoms with Crippen LogP contribution in [0.5, 0.6) is 0 Å². The first-order valence-electron chi connectivity index (χ1n) is 5.11. The van der Waals surface area contributed by atoms with Crippen LogP contribution in [0.25, 0.3) is 11.1 Å². The van der Waals surface area contributed by atoms with Crippen molar-refractivity contribution in [2.75, 3.05) is 12.8 Å². The largest absolute Gasteiger partial charge is 0.464 e. The first-order valence-corrected chi connectivity index (χ1v) is 5.11. The molecule has 0 aliphatic heterocycles. The molecule has 0 aliphatic rings. The van der Waals surface area contributed by atoms with Crippen LogP contribution in [-0.4, -0.2) is 23.0 Å². The van der Waals surface area contributed by atoms with Crippen LogP contribution in [0.4, 0.5) is 5.82 Å². The summed E-state index contributed by atoms with van der Waals surface area (Å²) in [6.45, 7) is 1.94. The Bertz CT molecular complexity index is 561. The minimum absolute atomic E-state index is 0.391. The van der Waals surface area contributed by atoms with E-state index in [0.717, 1.165) is 16.7 Å². The van der Waals surface area contributed by atoms with Crippen molar-refractivity contribution in [2.24, 2.45) is 0 Å². The number of anilines is 1. The normalized spacial score (nSPS) is 10.2. The highest BCUT2D eigenvalue weighted by Crippen LogP contribution is 2.24. The van der Waals surface area contributed by atoms with E-state index in [1.165, 1.54) is 7.11 Å². The summed E-state index contributed by atoms with van der Waals surface area (Å²) in [6, 6.07) is 3.52. The Kier molecular flexibility index (Phi) is 2.82. The fourth-order valence-corrected chi connectivity index (χ4v) is 1.66. The lowest BCUT2D eigenvalue weighted by molar-refractivity contribution is 0.0595. The molecule has 2 aromatic rings. The molecule has 5 nitrogen and oxygen atoms in total. The molecule has 0 spiro atoms. The zero-order valence-corrected chi connectivity index (χ0v) is 9.65. The molecule has 88 valence electrons. The Morgan fingerprint density at radius 3 is 2.88 bits per heavy atom. The van der Waals surface area contributed by atoms with E-state index in [1.807, 2.05) is 6.92 Å². The molecule has 0 radical (unpaired) electrons. The van der Waals surface area contributed by atoms with Gasteiger partial charge in [0.2, 0.25) is 0 Å². The first-order chi connectivity index (χ1) is 8.11. The number of aryl methyl sites for hydroxylation is 1. The molecule has 0 amide bonds. The molecule has 0 unspecified atom stereocenters. The van der Waals surface area contributed by atoms with Gasteiger partial charge in [-0.3, -0.25) is 0 Å². The average Bonchev–Trinajstić information content (AvgIpc) is 2.77. The third kappa shape index (κ3) is 2.13. The number of hydrogen-bond acceptors (Lipinski definition) is 4. The topological polar surface area (TPSA) is 81.0 Å². The smallest absolute Gasteiger partial charge is 0.354 e. The number of rotatable bonds is 2. The number of esters is 1. The van der Waals surface area contributed by atoms with Gasteiger partial charge in [0.25, 0.3) is 0 Å². The molecule has 3 N–H and O–H groups in total. The standard InChI is InChI=1S/C12H13N3O2/c1-7-3-11(13)15-6-9(7)8-4-10(14-5-8)12(16)17-2/h3-6,14H,1-2H3,(H2,13,15). The zero-order valence-electron chi connectivity index (χ0n) is 9.65. The van der Waals surface area contributed by atoms with Gasteiger partial charge in [-0.1, -0.05) is 0 Å². The highest BCUT2D eigenvalue weighted by Gasteiger charge is 2.11. The molecule has 0 fully saturated rings. The summed E-state index contributed by atoms with van der Waals surface area (Å²) in [5.74, 6) is 0.0901. The molecule has 0 saturated carbocycles. The minimum atomic E-state index is -0.391. The molecule has 0 bridgehead atoms. The molecule has 0 atom stereocenters. The highest BCUT2D eigenvalue weighted by atomic mass is 16.5. The van der Waals surface area contributed by atoms with Crippen LogP contribution in [0.3, 0.4) is 0 Å². The summed E-state index contributed by atoms with van der Waals surface area (Å²) in [5, 5.41) is 0. The van der Waals surface area contributed by atoms with Crippen molar-refractivity contribution >= 4 is 11.8 Å².